The fourth-order valence-corrected chi connectivity index (χ4v) is 5.82. The van der Waals surface area contributed by atoms with Crippen molar-refractivity contribution in [2.45, 2.75) is 18.5 Å². The van der Waals surface area contributed by atoms with Crippen LogP contribution in [-0.4, -0.2) is 68.0 Å². The van der Waals surface area contributed by atoms with Gasteiger partial charge in [-0.05, 0) is 18.8 Å². The van der Waals surface area contributed by atoms with Crippen LogP contribution in [0.5, 0.6) is 0 Å². The molecule has 2 aliphatic rings. The van der Waals surface area contributed by atoms with Crippen molar-refractivity contribution in [2.24, 2.45) is 18.9 Å². The molecular weight excluding hydrogens is 380 g/mol. The molecule has 5 rings (SSSR count). The summed E-state index contributed by atoms with van der Waals surface area (Å²) in [7, 11) is -1.77. The van der Waals surface area contributed by atoms with Crippen LogP contribution in [-0.2, 0) is 23.6 Å². The third kappa shape index (κ3) is 2.60. The molecule has 10 nitrogen and oxygen atoms in total. The van der Waals surface area contributed by atoms with Crippen molar-refractivity contribution in [1.82, 2.24) is 33.4 Å². The van der Waals surface area contributed by atoms with Crippen LogP contribution in [0.2, 0.25) is 0 Å². The predicted molar refractivity (Wildman–Crippen MR) is 102 cm³/mol. The molecular formula is C17H22N8O2S. The van der Waals surface area contributed by atoms with E-state index in [-0.39, 0.29) is 16.9 Å². The Balaban J connectivity index is 1.36. The normalized spacial score (nSPS) is 23.0. The zero-order valence-electron chi connectivity index (χ0n) is 15.8. The standard InChI is InChI=1S/C17H22N8O2S/c1-3-23-11-21-15-16(23)18-9-19-17(15)24-4-12-6-25(7-13(12)5-24)28(26,27)14-8-22(2)10-20-14/h8-13H,3-7H2,1-2H3. The average Bonchev–Trinajstić information content (AvgIpc) is 3.43. The second-order valence-electron chi connectivity index (χ2n) is 7.52. The lowest BCUT2D eigenvalue weighted by molar-refractivity contribution is 0.451. The molecule has 0 radical (unpaired) electrons. The molecule has 2 saturated heterocycles. The summed E-state index contributed by atoms with van der Waals surface area (Å²) in [6.07, 6.45) is 6.44. The Labute approximate surface area is 162 Å². The Morgan fingerprint density at radius 3 is 2.43 bits per heavy atom. The largest absolute Gasteiger partial charge is 0.354 e. The van der Waals surface area contributed by atoms with Crippen LogP contribution in [0.15, 0.2) is 30.2 Å². The number of fused-ring (bicyclic) bond motifs is 2. The molecule has 28 heavy (non-hydrogen) atoms. The van der Waals surface area contributed by atoms with Crippen LogP contribution in [0.1, 0.15) is 6.92 Å². The Kier molecular flexibility index (Phi) is 3.91. The zero-order valence-corrected chi connectivity index (χ0v) is 16.6. The molecule has 3 aromatic rings. The van der Waals surface area contributed by atoms with E-state index in [1.165, 1.54) is 6.33 Å². The summed E-state index contributed by atoms with van der Waals surface area (Å²) in [5, 5.41) is 0.120. The van der Waals surface area contributed by atoms with E-state index in [2.05, 4.69) is 31.8 Å². The number of nitrogens with zero attached hydrogens (tertiary/aromatic N) is 8. The average molecular weight is 402 g/mol. The van der Waals surface area contributed by atoms with Gasteiger partial charge in [0.1, 0.15) is 6.33 Å². The summed E-state index contributed by atoms with van der Waals surface area (Å²) in [5.74, 6) is 1.39. The van der Waals surface area contributed by atoms with Crippen LogP contribution in [0.4, 0.5) is 5.82 Å². The maximum atomic E-state index is 12.8. The highest BCUT2D eigenvalue weighted by Gasteiger charge is 2.45. The molecule has 148 valence electrons. The van der Waals surface area contributed by atoms with Crippen molar-refractivity contribution >= 4 is 27.0 Å². The lowest BCUT2D eigenvalue weighted by atomic mass is 10.0. The monoisotopic (exact) mass is 402 g/mol. The lowest BCUT2D eigenvalue weighted by Gasteiger charge is -2.21. The Morgan fingerprint density at radius 2 is 1.79 bits per heavy atom. The van der Waals surface area contributed by atoms with Crippen LogP contribution in [0.3, 0.4) is 0 Å². The third-order valence-electron chi connectivity index (χ3n) is 5.76. The number of sulfonamides is 1. The Hall–Kier alpha value is -2.53. The highest BCUT2D eigenvalue weighted by Crippen LogP contribution is 2.36. The number of hydrogen-bond donors (Lipinski definition) is 0. The van der Waals surface area contributed by atoms with Gasteiger partial charge in [-0.25, -0.2) is 28.4 Å². The first-order valence-electron chi connectivity index (χ1n) is 9.36. The van der Waals surface area contributed by atoms with Gasteiger partial charge in [-0.15, -0.1) is 0 Å². The summed E-state index contributed by atoms with van der Waals surface area (Å²) in [6, 6.07) is 0. The number of rotatable bonds is 4. The minimum Gasteiger partial charge on any atom is -0.354 e. The minimum absolute atomic E-state index is 0.120. The molecule has 0 bridgehead atoms. The SMILES string of the molecule is CCn1cnc2c(N3CC4CN(S(=O)(=O)c5cn(C)cn5)CC4C3)ncnc21. The highest BCUT2D eigenvalue weighted by atomic mass is 32.2. The molecule has 2 unspecified atom stereocenters. The van der Waals surface area contributed by atoms with E-state index >= 15 is 0 Å². The van der Waals surface area contributed by atoms with Crippen LogP contribution >= 0.6 is 0 Å². The molecule has 0 aromatic carbocycles. The summed E-state index contributed by atoms with van der Waals surface area (Å²) in [6.45, 7) is 5.42. The summed E-state index contributed by atoms with van der Waals surface area (Å²) in [5.41, 5.74) is 1.64. The topological polar surface area (TPSA) is 102 Å². The number of aryl methyl sites for hydroxylation is 2. The first-order valence-corrected chi connectivity index (χ1v) is 10.8. The van der Waals surface area contributed by atoms with Gasteiger partial charge in [0, 0.05) is 46.0 Å². The Bertz CT molecular complexity index is 1120. The fraction of sp³-hybridized carbons (Fsp3) is 0.529. The van der Waals surface area contributed by atoms with Crippen molar-refractivity contribution < 1.29 is 8.42 Å². The van der Waals surface area contributed by atoms with Gasteiger partial charge in [0.15, 0.2) is 22.0 Å². The van der Waals surface area contributed by atoms with Gasteiger partial charge in [0.2, 0.25) is 0 Å². The minimum atomic E-state index is -3.54. The number of hydrogen-bond acceptors (Lipinski definition) is 7. The molecule has 0 N–H and O–H groups in total. The quantitative estimate of drug-likeness (QED) is 0.620. The van der Waals surface area contributed by atoms with E-state index in [0.29, 0.717) is 13.1 Å². The molecule has 2 fully saturated rings. The molecule has 11 heteroatoms. The molecule has 0 saturated carbocycles. The molecule has 5 heterocycles. The van der Waals surface area contributed by atoms with Crippen molar-refractivity contribution in [3.8, 4) is 0 Å². The molecule has 3 aromatic heterocycles. The maximum absolute atomic E-state index is 12.8. The zero-order chi connectivity index (χ0) is 19.5. The van der Waals surface area contributed by atoms with Gasteiger partial charge in [0.05, 0.1) is 12.7 Å². The van der Waals surface area contributed by atoms with Crippen LogP contribution in [0.25, 0.3) is 11.2 Å². The number of aromatic nitrogens is 6. The molecule has 0 amide bonds. The van der Waals surface area contributed by atoms with Crippen molar-refractivity contribution in [3.05, 3.63) is 25.2 Å². The van der Waals surface area contributed by atoms with E-state index in [0.717, 1.165) is 36.6 Å². The summed E-state index contributed by atoms with van der Waals surface area (Å²) >= 11 is 0. The van der Waals surface area contributed by atoms with Crippen molar-refractivity contribution in [2.75, 3.05) is 31.1 Å². The van der Waals surface area contributed by atoms with E-state index in [1.807, 2.05) is 4.57 Å². The van der Waals surface area contributed by atoms with Crippen molar-refractivity contribution in [1.29, 1.82) is 0 Å². The summed E-state index contributed by atoms with van der Waals surface area (Å²) < 4.78 is 30.9. The first kappa shape index (κ1) is 17.6. The van der Waals surface area contributed by atoms with E-state index in [1.54, 1.807) is 34.8 Å². The third-order valence-corrected chi connectivity index (χ3v) is 7.48. The molecule has 2 aliphatic heterocycles. The number of anilines is 1. The van der Waals surface area contributed by atoms with E-state index in [9.17, 15) is 8.42 Å². The highest BCUT2D eigenvalue weighted by molar-refractivity contribution is 7.89. The first-order chi connectivity index (χ1) is 13.5. The van der Waals surface area contributed by atoms with Gasteiger partial charge in [-0.3, -0.25) is 0 Å². The van der Waals surface area contributed by atoms with Crippen LogP contribution in [0, 0.1) is 11.8 Å². The fourth-order valence-electron chi connectivity index (χ4n) is 4.30. The second kappa shape index (κ2) is 6.24. The molecule has 0 aliphatic carbocycles. The van der Waals surface area contributed by atoms with Crippen molar-refractivity contribution in [3.63, 3.8) is 0 Å². The van der Waals surface area contributed by atoms with Gasteiger partial charge in [-0.1, -0.05) is 0 Å². The lowest BCUT2D eigenvalue weighted by Crippen LogP contribution is -2.33. The van der Waals surface area contributed by atoms with Gasteiger partial charge >= 0.3 is 0 Å². The van der Waals surface area contributed by atoms with E-state index in [4.69, 9.17) is 0 Å². The molecule has 2 atom stereocenters. The number of imidazole rings is 2. The van der Waals surface area contributed by atoms with Gasteiger partial charge < -0.3 is 14.0 Å². The van der Waals surface area contributed by atoms with Gasteiger partial charge in [0.25, 0.3) is 10.0 Å². The molecule has 0 spiro atoms. The van der Waals surface area contributed by atoms with E-state index < -0.39 is 10.0 Å². The second-order valence-corrected chi connectivity index (χ2v) is 9.41. The smallest absolute Gasteiger partial charge is 0.262 e. The maximum Gasteiger partial charge on any atom is 0.262 e. The van der Waals surface area contributed by atoms with Gasteiger partial charge in [-0.2, -0.15) is 4.31 Å². The summed E-state index contributed by atoms with van der Waals surface area (Å²) in [4.78, 5) is 19.6. The van der Waals surface area contributed by atoms with Crippen LogP contribution < -0.4 is 4.90 Å². The predicted octanol–water partition coefficient (Wildman–Crippen LogP) is 0.337. The Morgan fingerprint density at radius 1 is 1.04 bits per heavy atom.